The van der Waals surface area contributed by atoms with E-state index in [0.717, 1.165) is 32.4 Å². The van der Waals surface area contributed by atoms with Crippen LogP contribution >= 0.6 is 0 Å². The lowest BCUT2D eigenvalue weighted by Crippen LogP contribution is -2.54. The summed E-state index contributed by atoms with van der Waals surface area (Å²) < 4.78 is 5.46. The van der Waals surface area contributed by atoms with Gasteiger partial charge in [0.2, 0.25) is 0 Å². The van der Waals surface area contributed by atoms with Gasteiger partial charge in [-0.15, -0.1) is 0 Å². The van der Waals surface area contributed by atoms with Gasteiger partial charge in [0.25, 0.3) is 0 Å². The molecular formula is C14H24N2O3. The van der Waals surface area contributed by atoms with Crippen molar-refractivity contribution in [1.29, 1.82) is 0 Å². The lowest BCUT2D eigenvalue weighted by molar-refractivity contribution is 0.00234. The van der Waals surface area contributed by atoms with Crippen LogP contribution in [0.3, 0.4) is 0 Å². The highest BCUT2D eigenvalue weighted by molar-refractivity contribution is 5.69. The minimum absolute atomic E-state index is 0.0411. The zero-order chi connectivity index (χ0) is 13.8. The summed E-state index contributed by atoms with van der Waals surface area (Å²) in [7, 11) is 0. The van der Waals surface area contributed by atoms with Gasteiger partial charge >= 0.3 is 6.09 Å². The SMILES string of the molecule is CC(C)(C)OC(=O)N1CC2CC1CN2C1(CO)CC1. The number of amides is 1. The van der Waals surface area contributed by atoms with Gasteiger partial charge in [-0.3, -0.25) is 4.90 Å². The van der Waals surface area contributed by atoms with Crippen molar-refractivity contribution in [2.45, 2.75) is 63.3 Å². The normalized spacial score (nSPS) is 32.7. The lowest BCUT2D eigenvalue weighted by atomic mass is 10.2. The molecule has 5 heteroatoms. The maximum absolute atomic E-state index is 12.1. The zero-order valence-electron chi connectivity index (χ0n) is 12.1. The Morgan fingerprint density at radius 1 is 1.32 bits per heavy atom. The van der Waals surface area contributed by atoms with E-state index in [0.29, 0.717) is 6.04 Å². The molecule has 3 fully saturated rings. The first-order valence-corrected chi connectivity index (χ1v) is 7.22. The van der Waals surface area contributed by atoms with Crippen molar-refractivity contribution < 1.29 is 14.6 Å². The molecule has 19 heavy (non-hydrogen) atoms. The summed E-state index contributed by atoms with van der Waals surface area (Å²) in [5.74, 6) is 0. The molecule has 2 heterocycles. The molecule has 3 rings (SSSR count). The third kappa shape index (κ3) is 2.23. The fourth-order valence-corrected chi connectivity index (χ4v) is 3.47. The summed E-state index contributed by atoms with van der Waals surface area (Å²) in [5.41, 5.74) is -0.388. The Balaban J connectivity index is 1.62. The molecular weight excluding hydrogens is 244 g/mol. The summed E-state index contributed by atoms with van der Waals surface area (Å²) in [6.45, 7) is 7.60. The Kier molecular flexibility index (Phi) is 2.84. The predicted molar refractivity (Wildman–Crippen MR) is 70.9 cm³/mol. The summed E-state index contributed by atoms with van der Waals surface area (Å²) in [5, 5.41) is 9.53. The summed E-state index contributed by atoms with van der Waals surface area (Å²) in [4.78, 5) is 16.4. The minimum atomic E-state index is -0.429. The minimum Gasteiger partial charge on any atom is -0.444 e. The topological polar surface area (TPSA) is 53.0 Å². The molecule has 108 valence electrons. The molecule has 1 amide bonds. The van der Waals surface area contributed by atoms with Crippen LogP contribution in [-0.4, -0.2) is 63.9 Å². The van der Waals surface area contributed by atoms with Crippen molar-refractivity contribution in [1.82, 2.24) is 9.80 Å². The highest BCUT2D eigenvalue weighted by Crippen LogP contribution is 2.47. The van der Waals surface area contributed by atoms with E-state index in [9.17, 15) is 9.90 Å². The molecule has 0 spiro atoms. The number of fused-ring (bicyclic) bond motifs is 2. The number of aliphatic hydroxyl groups is 1. The third-order valence-corrected chi connectivity index (χ3v) is 4.60. The number of aliphatic hydroxyl groups excluding tert-OH is 1. The number of nitrogens with zero attached hydrogens (tertiary/aromatic N) is 2. The first-order chi connectivity index (χ1) is 8.85. The quantitative estimate of drug-likeness (QED) is 0.818. The Bertz CT molecular complexity index is 387. The molecule has 2 saturated heterocycles. The lowest BCUT2D eigenvalue weighted by Gasteiger charge is -2.39. The molecule has 5 nitrogen and oxygen atoms in total. The van der Waals surface area contributed by atoms with Crippen molar-refractivity contribution >= 4 is 6.09 Å². The van der Waals surface area contributed by atoms with Crippen LogP contribution in [0, 0.1) is 0 Å². The molecule has 2 unspecified atom stereocenters. The number of carbonyl (C=O) groups is 1. The summed E-state index contributed by atoms with van der Waals surface area (Å²) in [6, 6.07) is 0.677. The van der Waals surface area contributed by atoms with E-state index in [1.54, 1.807) is 0 Å². The van der Waals surface area contributed by atoms with Gasteiger partial charge in [-0.05, 0) is 40.0 Å². The van der Waals surface area contributed by atoms with Gasteiger partial charge in [0, 0.05) is 30.7 Å². The molecule has 3 aliphatic rings. The summed E-state index contributed by atoms with van der Waals surface area (Å²) >= 11 is 0. The van der Waals surface area contributed by atoms with Crippen molar-refractivity contribution in [3.05, 3.63) is 0 Å². The molecule has 2 bridgehead atoms. The van der Waals surface area contributed by atoms with E-state index in [2.05, 4.69) is 4.90 Å². The Morgan fingerprint density at radius 2 is 2.00 bits per heavy atom. The number of hydrogen-bond acceptors (Lipinski definition) is 4. The molecule has 0 radical (unpaired) electrons. The molecule has 1 aliphatic carbocycles. The van der Waals surface area contributed by atoms with Gasteiger partial charge in [0.15, 0.2) is 0 Å². The Hall–Kier alpha value is -0.810. The van der Waals surface area contributed by atoms with Gasteiger partial charge in [0.05, 0.1) is 6.61 Å². The van der Waals surface area contributed by atoms with Gasteiger partial charge < -0.3 is 14.7 Å². The molecule has 1 saturated carbocycles. The highest BCUT2D eigenvalue weighted by atomic mass is 16.6. The third-order valence-electron chi connectivity index (χ3n) is 4.60. The van der Waals surface area contributed by atoms with E-state index < -0.39 is 5.60 Å². The van der Waals surface area contributed by atoms with Crippen LogP contribution in [0.15, 0.2) is 0 Å². The van der Waals surface area contributed by atoms with E-state index in [1.165, 1.54) is 0 Å². The van der Waals surface area contributed by atoms with Crippen LogP contribution in [-0.2, 0) is 4.74 Å². The van der Waals surface area contributed by atoms with Gasteiger partial charge in [0.1, 0.15) is 5.60 Å². The second-order valence-electron chi connectivity index (χ2n) is 7.21. The molecule has 1 N–H and O–H groups in total. The number of piperazine rings is 1. The number of likely N-dealkylation sites (tertiary alicyclic amines) is 2. The average Bonchev–Trinajstić information content (AvgIpc) is 2.84. The number of ether oxygens (including phenoxy) is 1. The number of carbonyl (C=O) groups excluding carboxylic acids is 1. The maximum Gasteiger partial charge on any atom is 0.410 e. The van der Waals surface area contributed by atoms with Crippen LogP contribution in [0.1, 0.15) is 40.0 Å². The Labute approximate surface area is 114 Å². The fourth-order valence-electron chi connectivity index (χ4n) is 3.47. The van der Waals surface area contributed by atoms with Crippen LogP contribution in [0.4, 0.5) is 4.79 Å². The van der Waals surface area contributed by atoms with Gasteiger partial charge in [-0.2, -0.15) is 0 Å². The van der Waals surface area contributed by atoms with Crippen molar-refractivity contribution in [3.63, 3.8) is 0 Å². The highest BCUT2D eigenvalue weighted by Gasteiger charge is 2.57. The molecule has 2 aliphatic heterocycles. The first-order valence-electron chi connectivity index (χ1n) is 7.22. The predicted octanol–water partition coefficient (Wildman–Crippen LogP) is 1.20. The van der Waals surface area contributed by atoms with E-state index >= 15 is 0 Å². The number of rotatable bonds is 2. The smallest absolute Gasteiger partial charge is 0.410 e. The van der Waals surface area contributed by atoms with Crippen LogP contribution in [0.25, 0.3) is 0 Å². The first kappa shape index (κ1) is 13.2. The monoisotopic (exact) mass is 268 g/mol. The second-order valence-corrected chi connectivity index (χ2v) is 7.21. The van der Waals surface area contributed by atoms with Gasteiger partial charge in [-0.25, -0.2) is 4.79 Å². The van der Waals surface area contributed by atoms with E-state index in [1.807, 2.05) is 25.7 Å². The number of hydrogen-bond donors (Lipinski definition) is 1. The molecule has 0 aromatic rings. The zero-order valence-corrected chi connectivity index (χ0v) is 12.1. The van der Waals surface area contributed by atoms with Crippen LogP contribution in [0.2, 0.25) is 0 Å². The fraction of sp³-hybridized carbons (Fsp3) is 0.929. The van der Waals surface area contributed by atoms with E-state index in [4.69, 9.17) is 4.74 Å². The van der Waals surface area contributed by atoms with Crippen molar-refractivity contribution in [2.75, 3.05) is 19.7 Å². The molecule has 0 aromatic carbocycles. The average molecular weight is 268 g/mol. The standard InChI is InChI=1S/C14H24N2O3/c1-13(2,3)19-12(18)15-7-11-6-10(15)8-16(11)14(9-17)4-5-14/h10-11,17H,4-9H2,1-3H3. The van der Waals surface area contributed by atoms with E-state index in [-0.39, 0.29) is 24.3 Å². The van der Waals surface area contributed by atoms with Gasteiger partial charge in [-0.1, -0.05) is 0 Å². The summed E-state index contributed by atoms with van der Waals surface area (Å²) in [6.07, 6.45) is 3.03. The van der Waals surface area contributed by atoms with Crippen molar-refractivity contribution in [2.24, 2.45) is 0 Å². The molecule has 2 atom stereocenters. The largest absolute Gasteiger partial charge is 0.444 e. The Morgan fingerprint density at radius 3 is 2.42 bits per heavy atom. The van der Waals surface area contributed by atoms with Crippen LogP contribution in [0.5, 0.6) is 0 Å². The van der Waals surface area contributed by atoms with Crippen molar-refractivity contribution in [3.8, 4) is 0 Å². The second kappa shape index (κ2) is 4.09. The molecule has 0 aromatic heterocycles. The van der Waals surface area contributed by atoms with Crippen LogP contribution < -0.4 is 0 Å². The maximum atomic E-state index is 12.1.